The molecular formula is C16H24N2OS. The molecule has 0 saturated carbocycles. The van der Waals surface area contributed by atoms with Crippen molar-refractivity contribution in [1.29, 1.82) is 0 Å². The van der Waals surface area contributed by atoms with Crippen LogP contribution in [0.5, 0.6) is 0 Å². The highest BCUT2D eigenvalue weighted by molar-refractivity contribution is 7.10. The first kappa shape index (κ1) is 15.3. The summed E-state index contributed by atoms with van der Waals surface area (Å²) in [6, 6.07) is 6.59. The third kappa shape index (κ3) is 3.32. The molecule has 0 aliphatic heterocycles. The van der Waals surface area contributed by atoms with Crippen LogP contribution in [0.25, 0.3) is 0 Å². The second-order valence-corrected chi connectivity index (χ2v) is 6.36. The summed E-state index contributed by atoms with van der Waals surface area (Å²) in [5, 5.41) is 2.14. The van der Waals surface area contributed by atoms with Crippen LogP contribution in [-0.2, 0) is 6.54 Å². The average molecular weight is 292 g/mol. The standard InChI is InChI=1S/C16H24N2OS/c1-5-14(17)15(16-11(2)8-9-20-16)18(4)10-13-7-6-12(3)19-13/h6-9,14-15H,5,10,17H2,1-4H3. The maximum Gasteiger partial charge on any atom is 0.118 e. The number of nitrogens with two attached hydrogens (primary N) is 1. The number of nitrogens with zero attached hydrogens (tertiary/aromatic N) is 1. The SMILES string of the molecule is CCC(N)C(c1sccc1C)N(C)Cc1ccc(C)o1. The van der Waals surface area contributed by atoms with Gasteiger partial charge in [-0.3, -0.25) is 4.90 Å². The quantitative estimate of drug-likeness (QED) is 0.879. The van der Waals surface area contributed by atoms with Crippen LogP contribution in [0, 0.1) is 13.8 Å². The van der Waals surface area contributed by atoms with Gasteiger partial charge in [0.1, 0.15) is 11.5 Å². The van der Waals surface area contributed by atoms with Crippen molar-refractivity contribution in [2.75, 3.05) is 7.05 Å². The summed E-state index contributed by atoms with van der Waals surface area (Å²) in [5.41, 5.74) is 7.70. The van der Waals surface area contributed by atoms with E-state index in [2.05, 4.69) is 37.2 Å². The molecule has 0 spiro atoms. The van der Waals surface area contributed by atoms with Gasteiger partial charge in [0.05, 0.1) is 12.6 Å². The number of rotatable bonds is 6. The molecule has 20 heavy (non-hydrogen) atoms. The van der Waals surface area contributed by atoms with Crippen molar-refractivity contribution in [3.8, 4) is 0 Å². The van der Waals surface area contributed by atoms with Crippen LogP contribution in [0.2, 0.25) is 0 Å². The molecule has 2 aromatic heterocycles. The lowest BCUT2D eigenvalue weighted by molar-refractivity contribution is 0.189. The largest absolute Gasteiger partial charge is 0.465 e. The zero-order valence-corrected chi connectivity index (χ0v) is 13.5. The number of thiophene rings is 1. The summed E-state index contributed by atoms with van der Waals surface area (Å²) in [5.74, 6) is 1.95. The van der Waals surface area contributed by atoms with Gasteiger partial charge in [-0.15, -0.1) is 11.3 Å². The Balaban J connectivity index is 2.20. The molecule has 3 nitrogen and oxygen atoms in total. The fraction of sp³-hybridized carbons (Fsp3) is 0.500. The Morgan fingerprint density at radius 1 is 1.30 bits per heavy atom. The summed E-state index contributed by atoms with van der Waals surface area (Å²) in [7, 11) is 2.12. The molecule has 2 N–H and O–H groups in total. The Morgan fingerprint density at radius 3 is 2.55 bits per heavy atom. The first-order chi connectivity index (χ1) is 9.52. The topological polar surface area (TPSA) is 42.4 Å². The highest BCUT2D eigenvalue weighted by atomic mass is 32.1. The van der Waals surface area contributed by atoms with Crippen LogP contribution in [0.4, 0.5) is 0 Å². The Morgan fingerprint density at radius 2 is 2.05 bits per heavy atom. The molecule has 0 aliphatic carbocycles. The second-order valence-electron chi connectivity index (χ2n) is 5.41. The minimum absolute atomic E-state index is 0.133. The minimum Gasteiger partial charge on any atom is -0.465 e. The number of hydrogen-bond donors (Lipinski definition) is 1. The third-order valence-corrected chi connectivity index (χ3v) is 4.81. The molecule has 0 bridgehead atoms. The van der Waals surface area contributed by atoms with Gasteiger partial charge in [0.25, 0.3) is 0 Å². The van der Waals surface area contributed by atoms with E-state index in [1.807, 2.05) is 19.1 Å². The first-order valence-electron chi connectivity index (χ1n) is 7.08. The van der Waals surface area contributed by atoms with E-state index < -0.39 is 0 Å². The fourth-order valence-corrected chi connectivity index (χ4v) is 3.71. The van der Waals surface area contributed by atoms with E-state index in [1.165, 1.54) is 10.4 Å². The van der Waals surface area contributed by atoms with E-state index in [9.17, 15) is 0 Å². The molecule has 0 saturated heterocycles. The number of furan rings is 1. The fourth-order valence-electron chi connectivity index (χ4n) is 2.55. The summed E-state index contributed by atoms with van der Waals surface area (Å²) < 4.78 is 5.69. The second kappa shape index (κ2) is 6.57. The van der Waals surface area contributed by atoms with Crippen molar-refractivity contribution in [2.24, 2.45) is 5.73 Å². The van der Waals surface area contributed by atoms with Crippen LogP contribution >= 0.6 is 11.3 Å². The van der Waals surface area contributed by atoms with Gasteiger partial charge >= 0.3 is 0 Å². The van der Waals surface area contributed by atoms with Crippen molar-refractivity contribution in [1.82, 2.24) is 4.90 Å². The summed E-state index contributed by atoms with van der Waals surface area (Å²) in [4.78, 5) is 3.66. The molecule has 0 aliphatic rings. The molecule has 0 fully saturated rings. The van der Waals surface area contributed by atoms with Crippen molar-refractivity contribution in [2.45, 2.75) is 45.8 Å². The Bertz CT molecular complexity index is 546. The van der Waals surface area contributed by atoms with E-state index >= 15 is 0 Å². The van der Waals surface area contributed by atoms with Gasteiger partial charge < -0.3 is 10.2 Å². The highest BCUT2D eigenvalue weighted by Crippen LogP contribution is 2.32. The minimum atomic E-state index is 0.133. The zero-order valence-electron chi connectivity index (χ0n) is 12.7. The van der Waals surface area contributed by atoms with Gasteiger partial charge in [-0.05, 0) is 56.5 Å². The predicted octanol–water partition coefficient (Wildman–Crippen LogP) is 3.87. The van der Waals surface area contributed by atoms with Gasteiger partial charge in [0, 0.05) is 10.9 Å². The lowest BCUT2D eigenvalue weighted by Gasteiger charge is -2.31. The van der Waals surface area contributed by atoms with Gasteiger partial charge in [-0.1, -0.05) is 6.92 Å². The van der Waals surface area contributed by atoms with Crippen molar-refractivity contribution >= 4 is 11.3 Å². The summed E-state index contributed by atoms with van der Waals surface area (Å²) >= 11 is 1.79. The summed E-state index contributed by atoms with van der Waals surface area (Å²) in [6.45, 7) is 7.06. The number of likely N-dealkylation sites (N-methyl/N-ethyl adjacent to an activating group) is 1. The maximum atomic E-state index is 6.37. The van der Waals surface area contributed by atoms with Crippen LogP contribution in [0.1, 0.15) is 41.3 Å². The van der Waals surface area contributed by atoms with Crippen LogP contribution in [0.15, 0.2) is 28.0 Å². The molecule has 2 atom stereocenters. The van der Waals surface area contributed by atoms with E-state index in [4.69, 9.17) is 10.2 Å². The van der Waals surface area contributed by atoms with Gasteiger partial charge in [0.2, 0.25) is 0 Å². The van der Waals surface area contributed by atoms with Gasteiger partial charge in [0.15, 0.2) is 0 Å². The number of hydrogen-bond acceptors (Lipinski definition) is 4. The van der Waals surface area contributed by atoms with E-state index in [-0.39, 0.29) is 12.1 Å². The predicted molar refractivity (Wildman–Crippen MR) is 85.0 cm³/mol. The maximum absolute atomic E-state index is 6.37. The van der Waals surface area contributed by atoms with Crippen LogP contribution in [0.3, 0.4) is 0 Å². The van der Waals surface area contributed by atoms with Crippen molar-refractivity contribution < 1.29 is 4.42 Å². The van der Waals surface area contributed by atoms with E-state index in [1.54, 1.807) is 11.3 Å². The molecule has 2 rings (SSSR count). The zero-order chi connectivity index (χ0) is 14.7. The Kier molecular flexibility index (Phi) is 5.02. The lowest BCUT2D eigenvalue weighted by Crippen LogP contribution is -2.38. The van der Waals surface area contributed by atoms with Crippen molar-refractivity contribution in [3.05, 3.63) is 45.5 Å². The monoisotopic (exact) mass is 292 g/mol. The first-order valence-corrected chi connectivity index (χ1v) is 7.96. The normalized spacial score (nSPS) is 14.7. The average Bonchev–Trinajstić information content (AvgIpc) is 2.99. The van der Waals surface area contributed by atoms with Crippen LogP contribution in [-0.4, -0.2) is 18.0 Å². The Labute approximate surface area is 125 Å². The molecule has 0 radical (unpaired) electrons. The molecular weight excluding hydrogens is 268 g/mol. The Hall–Kier alpha value is -1.10. The summed E-state index contributed by atoms with van der Waals surface area (Å²) in [6.07, 6.45) is 0.962. The molecule has 0 aromatic carbocycles. The van der Waals surface area contributed by atoms with E-state index in [0.29, 0.717) is 0 Å². The molecule has 2 unspecified atom stereocenters. The molecule has 2 heterocycles. The molecule has 4 heteroatoms. The van der Waals surface area contributed by atoms with E-state index in [0.717, 1.165) is 24.5 Å². The molecule has 2 aromatic rings. The van der Waals surface area contributed by atoms with Crippen LogP contribution < -0.4 is 5.73 Å². The molecule has 110 valence electrons. The van der Waals surface area contributed by atoms with Gasteiger partial charge in [-0.25, -0.2) is 0 Å². The van der Waals surface area contributed by atoms with Crippen molar-refractivity contribution in [3.63, 3.8) is 0 Å². The molecule has 0 amide bonds. The number of aryl methyl sites for hydroxylation is 2. The highest BCUT2D eigenvalue weighted by Gasteiger charge is 2.26. The van der Waals surface area contributed by atoms with Gasteiger partial charge in [-0.2, -0.15) is 0 Å². The lowest BCUT2D eigenvalue weighted by atomic mass is 10.0. The smallest absolute Gasteiger partial charge is 0.118 e. The third-order valence-electron chi connectivity index (χ3n) is 3.72.